The maximum atomic E-state index is 12.0. The summed E-state index contributed by atoms with van der Waals surface area (Å²) >= 11 is 0. The third-order valence-electron chi connectivity index (χ3n) is 5.30. The molecular weight excluding hydrogens is 264 g/mol. The van der Waals surface area contributed by atoms with Gasteiger partial charge in [0.05, 0.1) is 12.0 Å². The molecule has 0 radical (unpaired) electrons. The normalized spacial score (nSPS) is 23.9. The molecule has 0 aromatic carbocycles. The second-order valence-electron chi connectivity index (χ2n) is 6.98. The molecule has 0 aromatic rings. The lowest BCUT2D eigenvalue weighted by molar-refractivity contribution is -0.127. The van der Waals surface area contributed by atoms with Crippen LogP contribution < -0.4 is 5.32 Å². The highest BCUT2D eigenvalue weighted by atomic mass is 16.3. The summed E-state index contributed by atoms with van der Waals surface area (Å²) in [5.41, 5.74) is -0.727. The minimum atomic E-state index is -0.727. The van der Waals surface area contributed by atoms with E-state index < -0.39 is 5.60 Å². The van der Waals surface area contributed by atoms with E-state index in [1.807, 2.05) is 0 Å². The Hall–Kier alpha value is -0.610. The molecule has 1 aliphatic carbocycles. The highest BCUT2D eigenvalue weighted by Crippen LogP contribution is 2.30. The minimum absolute atomic E-state index is 0.0328. The van der Waals surface area contributed by atoms with Crippen LogP contribution in [0, 0.1) is 5.92 Å². The van der Waals surface area contributed by atoms with Crippen molar-refractivity contribution in [3.63, 3.8) is 0 Å². The van der Waals surface area contributed by atoms with E-state index in [-0.39, 0.29) is 5.91 Å². The highest BCUT2D eigenvalue weighted by Gasteiger charge is 2.31. The summed E-state index contributed by atoms with van der Waals surface area (Å²) < 4.78 is 0. The second kappa shape index (κ2) is 8.14. The molecule has 2 rings (SSSR count). The molecule has 4 heteroatoms. The number of carbonyl (C=O) groups excluding carboxylic acids is 1. The molecular formula is C17H32N2O2. The van der Waals surface area contributed by atoms with Crippen LogP contribution in [0.2, 0.25) is 0 Å². The monoisotopic (exact) mass is 296 g/mol. The van der Waals surface area contributed by atoms with Gasteiger partial charge in [0.25, 0.3) is 0 Å². The van der Waals surface area contributed by atoms with Crippen LogP contribution in [-0.4, -0.2) is 47.7 Å². The Morgan fingerprint density at radius 1 is 1.24 bits per heavy atom. The molecule has 1 aliphatic heterocycles. The van der Waals surface area contributed by atoms with E-state index in [1.54, 1.807) is 0 Å². The first-order chi connectivity index (χ1) is 10.1. The molecule has 0 spiro atoms. The van der Waals surface area contributed by atoms with Crippen molar-refractivity contribution in [2.75, 3.05) is 26.2 Å². The van der Waals surface area contributed by atoms with Crippen molar-refractivity contribution in [2.24, 2.45) is 5.92 Å². The van der Waals surface area contributed by atoms with Crippen LogP contribution in [0.25, 0.3) is 0 Å². The van der Waals surface area contributed by atoms with Crippen molar-refractivity contribution in [1.82, 2.24) is 10.2 Å². The quantitative estimate of drug-likeness (QED) is 0.791. The van der Waals surface area contributed by atoms with E-state index in [4.69, 9.17) is 0 Å². The number of rotatable bonds is 6. The highest BCUT2D eigenvalue weighted by molar-refractivity contribution is 5.76. The number of likely N-dealkylation sites (tertiary alicyclic amines) is 1. The molecule has 0 aromatic heterocycles. The summed E-state index contributed by atoms with van der Waals surface area (Å²) in [5, 5.41) is 13.4. The smallest absolute Gasteiger partial charge is 0.222 e. The van der Waals surface area contributed by atoms with Crippen molar-refractivity contribution in [3.05, 3.63) is 0 Å². The number of piperidine rings is 1. The molecule has 1 saturated carbocycles. The van der Waals surface area contributed by atoms with Gasteiger partial charge in [-0.15, -0.1) is 0 Å². The van der Waals surface area contributed by atoms with Crippen LogP contribution in [0.5, 0.6) is 0 Å². The van der Waals surface area contributed by atoms with Crippen molar-refractivity contribution < 1.29 is 9.90 Å². The van der Waals surface area contributed by atoms with Gasteiger partial charge in [0, 0.05) is 6.54 Å². The lowest BCUT2D eigenvalue weighted by Gasteiger charge is -2.32. The average molecular weight is 296 g/mol. The van der Waals surface area contributed by atoms with Gasteiger partial charge >= 0.3 is 0 Å². The van der Waals surface area contributed by atoms with Crippen LogP contribution in [0.1, 0.15) is 64.7 Å². The Kier molecular flexibility index (Phi) is 6.49. The Morgan fingerprint density at radius 2 is 1.90 bits per heavy atom. The number of carbonyl (C=O) groups is 1. The molecule has 2 aliphatic rings. The summed E-state index contributed by atoms with van der Waals surface area (Å²) in [5.74, 6) is 0.788. The van der Waals surface area contributed by atoms with Crippen LogP contribution in [0.15, 0.2) is 0 Å². The molecule has 4 nitrogen and oxygen atoms in total. The molecule has 0 bridgehead atoms. The third kappa shape index (κ3) is 5.59. The van der Waals surface area contributed by atoms with Crippen molar-refractivity contribution in [2.45, 2.75) is 70.3 Å². The maximum absolute atomic E-state index is 12.0. The molecule has 122 valence electrons. The molecule has 1 saturated heterocycles. The third-order valence-corrected chi connectivity index (χ3v) is 5.30. The zero-order chi connectivity index (χ0) is 15.1. The van der Waals surface area contributed by atoms with Gasteiger partial charge in [-0.25, -0.2) is 0 Å². The molecule has 1 heterocycles. The van der Waals surface area contributed by atoms with E-state index >= 15 is 0 Å². The van der Waals surface area contributed by atoms with Gasteiger partial charge in [0.15, 0.2) is 0 Å². The van der Waals surface area contributed by atoms with E-state index in [0.717, 1.165) is 51.1 Å². The maximum Gasteiger partial charge on any atom is 0.222 e. The fourth-order valence-electron chi connectivity index (χ4n) is 3.76. The van der Waals surface area contributed by atoms with Gasteiger partial charge in [-0.1, -0.05) is 26.2 Å². The van der Waals surface area contributed by atoms with Crippen LogP contribution in [-0.2, 0) is 4.79 Å². The number of hydrogen-bond donors (Lipinski definition) is 2. The standard InChI is InChI=1S/C17H32N2O2/c1-2-19-12-7-15(8-13-19)6-11-18-16(20)14-17(21)9-4-3-5-10-17/h15,21H,2-14H2,1H3,(H,18,20). The zero-order valence-electron chi connectivity index (χ0n) is 13.6. The zero-order valence-corrected chi connectivity index (χ0v) is 13.6. The lowest BCUT2D eigenvalue weighted by Crippen LogP contribution is -2.39. The molecule has 2 N–H and O–H groups in total. The predicted octanol–water partition coefficient (Wildman–Crippen LogP) is 2.31. The Labute approximate surface area is 129 Å². The minimum Gasteiger partial charge on any atom is -0.389 e. The lowest BCUT2D eigenvalue weighted by atomic mass is 9.82. The fraction of sp³-hybridized carbons (Fsp3) is 0.941. The Bertz CT molecular complexity index is 319. The van der Waals surface area contributed by atoms with Gasteiger partial charge in [-0.05, 0) is 57.7 Å². The summed E-state index contributed by atoms with van der Waals surface area (Å²) in [6, 6.07) is 0. The number of aliphatic hydroxyl groups is 1. The van der Waals surface area contributed by atoms with Crippen molar-refractivity contribution >= 4 is 5.91 Å². The first-order valence-electron chi connectivity index (χ1n) is 8.83. The van der Waals surface area contributed by atoms with E-state index in [0.29, 0.717) is 6.42 Å². The fourth-order valence-corrected chi connectivity index (χ4v) is 3.76. The van der Waals surface area contributed by atoms with Gasteiger partial charge < -0.3 is 15.3 Å². The topological polar surface area (TPSA) is 52.6 Å². The predicted molar refractivity (Wildman–Crippen MR) is 85.1 cm³/mol. The summed E-state index contributed by atoms with van der Waals surface area (Å²) in [4.78, 5) is 14.5. The van der Waals surface area contributed by atoms with Gasteiger partial charge in [0.2, 0.25) is 5.91 Å². The average Bonchev–Trinajstić information content (AvgIpc) is 2.48. The summed E-state index contributed by atoms with van der Waals surface area (Å²) in [7, 11) is 0. The van der Waals surface area contributed by atoms with Gasteiger partial charge in [0.1, 0.15) is 0 Å². The number of nitrogens with zero attached hydrogens (tertiary/aromatic N) is 1. The van der Waals surface area contributed by atoms with E-state index in [2.05, 4.69) is 17.1 Å². The SMILES string of the molecule is CCN1CCC(CCNC(=O)CC2(O)CCCCC2)CC1. The molecule has 1 amide bonds. The number of nitrogens with one attached hydrogen (secondary N) is 1. The van der Waals surface area contributed by atoms with Crippen LogP contribution in [0.4, 0.5) is 0 Å². The van der Waals surface area contributed by atoms with Crippen molar-refractivity contribution in [3.8, 4) is 0 Å². The van der Waals surface area contributed by atoms with E-state index in [9.17, 15) is 9.90 Å². The number of amides is 1. The molecule has 0 atom stereocenters. The molecule has 0 unspecified atom stereocenters. The Morgan fingerprint density at radius 3 is 2.52 bits per heavy atom. The van der Waals surface area contributed by atoms with Crippen LogP contribution in [0.3, 0.4) is 0 Å². The van der Waals surface area contributed by atoms with Crippen molar-refractivity contribution in [1.29, 1.82) is 0 Å². The summed E-state index contributed by atoms with van der Waals surface area (Å²) in [6.07, 6.45) is 8.77. The summed E-state index contributed by atoms with van der Waals surface area (Å²) in [6.45, 7) is 6.55. The van der Waals surface area contributed by atoms with Crippen LogP contribution >= 0.6 is 0 Å². The van der Waals surface area contributed by atoms with Gasteiger partial charge in [-0.2, -0.15) is 0 Å². The van der Waals surface area contributed by atoms with Gasteiger partial charge in [-0.3, -0.25) is 4.79 Å². The largest absolute Gasteiger partial charge is 0.389 e. The first kappa shape index (κ1) is 16.8. The Balaban J connectivity index is 1.59. The molecule has 21 heavy (non-hydrogen) atoms. The van der Waals surface area contributed by atoms with E-state index in [1.165, 1.54) is 32.4 Å². The second-order valence-corrected chi connectivity index (χ2v) is 6.98. The molecule has 2 fully saturated rings. The number of hydrogen-bond acceptors (Lipinski definition) is 3. The first-order valence-corrected chi connectivity index (χ1v) is 8.83.